The van der Waals surface area contributed by atoms with Gasteiger partial charge in [0, 0.05) is 26.2 Å². The van der Waals surface area contributed by atoms with Crippen molar-refractivity contribution < 1.29 is 15.0 Å². The molecule has 5 nitrogen and oxygen atoms in total. The third-order valence-corrected chi connectivity index (χ3v) is 6.72. The first-order chi connectivity index (χ1) is 13.8. The maximum atomic E-state index is 12.3. The van der Waals surface area contributed by atoms with Gasteiger partial charge in [-0.25, -0.2) is 0 Å². The second kappa shape index (κ2) is 9.59. The Balaban J connectivity index is 1.61. The number of carbonyl (C=O) groups is 1. The Labute approximate surface area is 175 Å². The van der Waals surface area contributed by atoms with Crippen molar-refractivity contribution >= 4 is 5.97 Å². The lowest BCUT2D eigenvalue weighted by atomic mass is 9.73. The van der Waals surface area contributed by atoms with Gasteiger partial charge < -0.3 is 20.0 Å². The minimum absolute atomic E-state index is 0.112. The van der Waals surface area contributed by atoms with E-state index in [-0.39, 0.29) is 5.41 Å². The van der Waals surface area contributed by atoms with Crippen LogP contribution in [0.1, 0.15) is 51.5 Å². The zero-order valence-corrected chi connectivity index (χ0v) is 18.1. The molecule has 0 saturated carbocycles. The number of aliphatic hydroxyl groups excluding tert-OH is 1. The standard InChI is InChI=1S/C24H38N2O3/c1-23(2,17-25-14-6-7-15-25)18-26-16-12-21(27)24(19-26,22(28)29)13-8-11-20-9-4-3-5-10-20/h3-5,9-10,21,27H,6-8,11-19H2,1-2H3,(H,28,29)/t21-,24-/m1/s1. The Hall–Kier alpha value is -1.43. The Morgan fingerprint density at radius 1 is 1.10 bits per heavy atom. The lowest BCUT2D eigenvalue weighted by Crippen LogP contribution is -2.57. The number of carboxylic acid groups (broad SMARTS) is 1. The highest BCUT2D eigenvalue weighted by atomic mass is 16.4. The Bertz CT molecular complexity index is 657. The van der Waals surface area contributed by atoms with Crippen LogP contribution in [0.3, 0.4) is 0 Å². The van der Waals surface area contributed by atoms with Gasteiger partial charge in [0.1, 0.15) is 5.41 Å². The average molecular weight is 403 g/mol. The number of hydrogen-bond donors (Lipinski definition) is 2. The molecule has 2 aliphatic rings. The van der Waals surface area contributed by atoms with Crippen LogP contribution in [0.2, 0.25) is 0 Å². The summed E-state index contributed by atoms with van der Waals surface area (Å²) in [4.78, 5) is 17.1. The number of rotatable bonds is 9. The van der Waals surface area contributed by atoms with Crippen molar-refractivity contribution in [1.82, 2.24) is 9.80 Å². The van der Waals surface area contributed by atoms with Crippen molar-refractivity contribution in [3.05, 3.63) is 35.9 Å². The van der Waals surface area contributed by atoms with Crippen LogP contribution >= 0.6 is 0 Å². The van der Waals surface area contributed by atoms with E-state index in [2.05, 4.69) is 35.8 Å². The van der Waals surface area contributed by atoms with Crippen molar-refractivity contribution in [2.45, 2.75) is 58.5 Å². The van der Waals surface area contributed by atoms with E-state index < -0.39 is 17.5 Å². The van der Waals surface area contributed by atoms with Crippen molar-refractivity contribution in [1.29, 1.82) is 0 Å². The molecule has 2 aliphatic heterocycles. The maximum absolute atomic E-state index is 12.3. The third-order valence-electron chi connectivity index (χ3n) is 6.72. The number of carboxylic acids is 1. The molecular weight excluding hydrogens is 364 g/mol. The van der Waals surface area contributed by atoms with Crippen LogP contribution in [0, 0.1) is 10.8 Å². The zero-order valence-electron chi connectivity index (χ0n) is 18.1. The number of nitrogens with zero attached hydrogens (tertiary/aromatic N) is 2. The van der Waals surface area contributed by atoms with Crippen molar-refractivity contribution in [2.75, 3.05) is 39.3 Å². The van der Waals surface area contributed by atoms with Gasteiger partial charge in [-0.2, -0.15) is 0 Å². The normalized spacial score (nSPS) is 26.7. The van der Waals surface area contributed by atoms with Gasteiger partial charge in [-0.15, -0.1) is 0 Å². The van der Waals surface area contributed by atoms with Crippen LogP contribution in [0.4, 0.5) is 0 Å². The van der Waals surface area contributed by atoms with Crippen LogP contribution in [-0.4, -0.2) is 71.4 Å². The molecule has 0 spiro atoms. The van der Waals surface area contributed by atoms with E-state index in [0.29, 0.717) is 19.4 Å². The predicted octanol–water partition coefficient (Wildman–Crippen LogP) is 3.27. The fraction of sp³-hybridized carbons (Fsp3) is 0.708. The topological polar surface area (TPSA) is 64.0 Å². The van der Waals surface area contributed by atoms with E-state index >= 15 is 0 Å². The summed E-state index contributed by atoms with van der Waals surface area (Å²) in [6.07, 6.45) is 4.49. The average Bonchev–Trinajstić information content (AvgIpc) is 3.17. The van der Waals surface area contributed by atoms with Gasteiger partial charge in [0.2, 0.25) is 0 Å². The highest BCUT2D eigenvalue weighted by molar-refractivity contribution is 5.76. The summed E-state index contributed by atoms with van der Waals surface area (Å²) in [5, 5.41) is 20.8. The number of piperidine rings is 1. The second-order valence-electron chi connectivity index (χ2n) is 9.96. The number of likely N-dealkylation sites (tertiary alicyclic amines) is 2. The summed E-state index contributed by atoms with van der Waals surface area (Å²) in [7, 11) is 0. The van der Waals surface area contributed by atoms with Gasteiger partial charge in [0.05, 0.1) is 6.10 Å². The first-order valence-corrected chi connectivity index (χ1v) is 11.2. The number of hydrogen-bond acceptors (Lipinski definition) is 4. The van der Waals surface area contributed by atoms with Crippen LogP contribution in [-0.2, 0) is 11.2 Å². The molecule has 2 fully saturated rings. The zero-order chi connectivity index (χ0) is 20.9. The molecule has 0 amide bonds. The molecule has 5 heteroatoms. The first kappa shape index (κ1) is 22.3. The van der Waals surface area contributed by atoms with Crippen molar-refractivity contribution in [3.63, 3.8) is 0 Å². The number of aryl methyl sites for hydroxylation is 1. The van der Waals surface area contributed by atoms with Crippen LogP contribution in [0.15, 0.2) is 30.3 Å². The van der Waals surface area contributed by atoms with Gasteiger partial charge in [-0.05, 0) is 62.6 Å². The molecule has 0 unspecified atom stereocenters. The molecule has 2 saturated heterocycles. The molecule has 2 atom stereocenters. The molecule has 1 aromatic rings. The highest BCUT2D eigenvalue weighted by Gasteiger charge is 2.49. The molecule has 2 heterocycles. The van der Waals surface area contributed by atoms with Gasteiger partial charge >= 0.3 is 5.97 Å². The van der Waals surface area contributed by atoms with E-state index in [0.717, 1.165) is 32.5 Å². The van der Waals surface area contributed by atoms with Gasteiger partial charge in [0.25, 0.3) is 0 Å². The first-order valence-electron chi connectivity index (χ1n) is 11.2. The summed E-state index contributed by atoms with van der Waals surface area (Å²) in [5.41, 5.74) is 0.277. The number of aliphatic hydroxyl groups is 1. The second-order valence-corrected chi connectivity index (χ2v) is 9.96. The molecule has 29 heavy (non-hydrogen) atoms. The summed E-state index contributed by atoms with van der Waals surface area (Å²) < 4.78 is 0. The summed E-state index contributed by atoms with van der Waals surface area (Å²) in [6.45, 7) is 10.1. The lowest BCUT2D eigenvalue weighted by Gasteiger charge is -2.46. The van der Waals surface area contributed by atoms with E-state index in [1.54, 1.807) is 0 Å². The monoisotopic (exact) mass is 402 g/mol. The molecule has 1 aromatic carbocycles. The molecule has 162 valence electrons. The van der Waals surface area contributed by atoms with Gasteiger partial charge in [0.15, 0.2) is 0 Å². The molecule has 0 bridgehead atoms. The Morgan fingerprint density at radius 3 is 2.41 bits per heavy atom. The van der Waals surface area contributed by atoms with Crippen LogP contribution in [0.5, 0.6) is 0 Å². The van der Waals surface area contributed by atoms with Gasteiger partial charge in [-0.3, -0.25) is 4.79 Å². The van der Waals surface area contributed by atoms with Gasteiger partial charge in [-0.1, -0.05) is 44.2 Å². The van der Waals surface area contributed by atoms with Crippen molar-refractivity contribution in [3.8, 4) is 0 Å². The SMILES string of the molecule is CC(C)(CN1CCCC1)CN1CC[C@@H](O)[C@](CCCc2ccccc2)(C(=O)O)C1. The molecule has 0 radical (unpaired) electrons. The molecule has 3 rings (SSSR count). The van der Waals surface area contributed by atoms with Crippen LogP contribution in [0.25, 0.3) is 0 Å². The fourth-order valence-electron chi connectivity index (χ4n) is 5.32. The molecule has 0 aromatic heterocycles. The fourth-order valence-corrected chi connectivity index (χ4v) is 5.32. The number of aliphatic carboxylic acids is 1. The highest BCUT2D eigenvalue weighted by Crippen LogP contribution is 2.37. The summed E-state index contributed by atoms with van der Waals surface area (Å²) in [6, 6.07) is 10.2. The van der Waals surface area contributed by atoms with Crippen LogP contribution < -0.4 is 0 Å². The predicted molar refractivity (Wildman–Crippen MR) is 116 cm³/mol. The Kier molecular flexibility index (Phi) is 7.36. The van der Waals surface area contributed by atoms with Crippen molar-refractivity contribution in [2.24, 2.45) is 10.8 Å². The number of benzene rings is 1. The third kappa shape index (κ3) is 5.80. The smallest absolute Gasteiger partial charge is 0.313 e. The minimum Gasteiger partial charge on any atom is -0.481 e. The largest absolute Gasteiger partial charge is 0.481 e. The summed E-state index contributed by atoms with van der Waals surface area (Å²) in [5.74, 6) is -0.847. The Morgan fingerprint density at radius 2 is 1.76 bits per heavy atom. The maximum Gasteiger partial charge on any atom is 0.313 e. The van der Waals surface area contributed by atoms with E-state index in [1.165, 1.54) is 31.5 Å². The minimum atomic E-state index is -1.06. The van der Waals surface area contributed by atoms with E-state index in [1.807, 2.05) is 18.2 Å². The summed E-state index contributed by atoms with van der Waals surface area (Å²) >= 11 is 0. The quantitative estimate of drug-likeness (QED) is 0.664. The lowest BCUT2D eigenvalue weighted by molar-refractivity contribution is -0.165. The molecular formula is C24H38N2O3. The van der Waals surface area contributed by atoms with E-state index in [9.17, 15) is 15.0 Å². The molecule has 2 N–H and O–H groups in total. The van der Waals surface area contributed by atoms with E-state index in [4.69, 9.17) is 0 Å². The molecule has 0 aliphatic carbocycles.